The van der Waals surface area contributed by atoms with Gasteiger partial charge in [-0.3, -0.25) is 4.79 Å². The molecular weight excluding hydrogens is 272 g/mol. The molecule has 0 unspecified atom stereocenters. The summed E-state index contributed by atoms with van der Waals surface area (Å²) in [6.07, 6.45) is 4.55. The smallest absolute Gasteiger partial charge is 0.224 e. The first-order valence-electron chi connectivity index (χ1n) is 6.98. The molecule has 0 radical (unpaired) electrons. The highest BCUT2D eigenvalue weighted by atomic mass is 32.1. The second kappa shape index (κ2) is 5.36. The fourth-order valence-corrected chi connectivity index (χ4v) is 2.98. The number of aryl methyl sites for hydroxylation is 2. The van der Waals surface area contributed by atoms with E-state index < -0.39 is 0 Å². The third kappa shape index (κ3) is 2.47. The number of carbonyl (C=O) groups excluding carboxylic acids is 1. The van der Waals surface area contributed by atoms with Gasteiger partial charge in [-0.05, 0) is 43.6 Å². The van der Waals surface area contributed by atoms with E-state index in [2.05, 4.69) is 9.97 Å². The van der Waals surface area contributed by atoms with E-state index >= 15 is 0 Å². The first kappa shape index (κ1) is 13.3. The van der Waals surface area contributed by atoms with Crippen LogP contribution in [-0.2, 0) is 11.3 Å². The van der Waals surface area contributed by atoms with Gasteiger partial charge in [-0.2, -0.15) is 0 Å². The Hall–Kier alpha value is -1.69. The highest BCUT2D eigenvalue weighted by molar-refractivity contribution is 7.71. The van der Waals surface area contributed by atoms with Crippen LogP contribution in [0.25, 0.3) is 11.2 Å². The SMILES string of the molecule is Cc1cnc2c(c1)[nH]c(=S)n2CCC(=O)N1CCCC1. The van der Waals surface area contributed by atoms with Gasteiger partial charge in [0.05, 0.1) is 5.52 Å². The Bertz CT molecular complexity index is 697. The number of hydrogen-bond donors (Lipinski definition) is 1. The van der Waals surface area contributed by atoms with Crippen LogP contribution in [0.15, 0.2) is 12.3 Å². The third-order valence-corrected chi connectivity index (χ3v) is 4.08. The molecule has 2 aromatic rings. The summed E-state index contributed by atoms with van der Waals surface area (Å²) >= 11 is 5.33. The molecular formula is C14H18N4OS. The molecule has 1 aliphatic rings. The van der Waals surface area contributed by atoms with E-state index in [0.717, 1.165) is 42.7 Å². The maximum atomic E-state index is 12.1. The fourth-order valence-electron chi connectivity index (χ4n) is 2.69. The fraction of sp³-hybridized carbons (Fsp3) is 0.500. The van der Waals surface area contributed by atoms with E-state index in [9.17, 15) is 4.79 Å². The molecule has 106 valence electrons. The second-order valence-corrected chi connectivity index (χ2v) is 5.69. The number of fused-ring (bicyclic) bond motifs is 1. The van der Waals surface area contributed by atoms with Gasteiger partial charge in [0.25, 0.3) is 0 Å². The molecule has 1 fully saturated rings. The second-order valence-electron chi connectivity index (χ2n) is 5.30. The Morgan fingerprint density at radius 3 is 2.95 bits per heavy atom. The lowest BCUT2D eigenvalue weighted by molar-refractivity contribution is -0.130. The number of likely N-dealkylation sites (tertiary alicyclic amines) is 1. The van der Waals surface area contributed by atoms with Crippen molar-refractivity contribution in [2.45, 2.75) is 32.7 Å². The van der Waals surface area contributed by atoms with E-state index in [1.54, 1.807) is 0 Å². The van der Waals surface area contributed by atoms with Crippen molar-refractivity contribution in [2.24, 2.45) is 0 Å². The molecule has 0 bridgehead atoms. The number of rotatable bonds is 3. The van der Waals surface area contributed by atoms with Crippen LogP contribution in [0.4, 0.5) is 0 Å². The van der Waals surface area contributed by atoms with Crippen LogP contribution in [0.3, 0.4) is 0 Å². The van der Waals surface area contributed by atoms with Crippen LogP contribution in [0.1, 0.15) is 24.8 Å². The van der Waals surface area contributed by atoms with Crippen molar-refractivity contribution in [2.75, 3.05) is 13.1 Å². The highest BCUT2D eigenvalue weighted by Gasteiger charge is 2.18. The zero-order valence-corrected chi connectivity index (χ0v) is 12.4. The predicted molar refractivity (Wildman–Crippen MR) is 80.1 cm³/mol. The van der Waals surface area contributed by atoms with E-state index in [1.807, 2.05) is 28.7 Å². The first-order chi connectivity index (χ1) is 9.65. The van der Waals surface area contributed by atoms with Crippen LogP contribution >= 0.6 is 12.2 Å². The molecule has 5 nitrogen and oxygen atoms in total. The quantitative estimate of drug-likeness (QED) is 0.883. The Kier molecular flexibility index (Phi) is 3.56. The van der Waals surface area contributed by atoms with Crippen LogP contribution in [-0.4, -0.2) is 38.4 Å². The van der Waals surface area contributed by atoms with Gasteiger partial charge in [-0.1, -0.05) is 0 Å². The number of hydrogen-bond acceptors (Lipinski definition) is 3. The molecule has 0 spiro atoms. The minimum atomic E-state index is 0.214. The van der Waals surface area contributed by atoms with Crippen molar-refractivity contribution in [1.82, 2.24) is 19.4 Å². The minimum Gasteiger partial charge on any atom is -0.343 e. The lowest BCUT2D eigenvalue weighted by Gasteiger charge is -2.15. The van der Waals surface area contributed by atoms with Crippen LogP contribution in [0.2, 0.25) is 0 Å². The largest absolute Gasteiger partial charge is 0.343 e. The lowest BCUT2D eigenvalue weighted by atomic mass is 10.3. The maximum absolute atomic E-state index is 12.1. The summed E-state index contributed by atoms with van der Waals surface area (Å²) in [4.78, 5) is 21.6. The topological polar surface area (TPSA) is 53.9 Å². The van der Waals surface area contributed by atoms with Crippen molar-refractivity contribution in [3.05, 3.63) is 22.6 Å². The van der Waals surface area contributed by atoms with Crippen LogP contribution in [0, 0.1) is 11.7 Å². The summed E-state index contributed by atoms with van der Waals surface area (Å²) in [6.45, 7) is 4.38. The van der Waals surface area contributed by atoms with E-state index in [0.29, 0.717) is 17.7 Å². The number of amides is 1. The van der Waals surface area contributed by atoms with Gasteiger partial charge in [-0.15, -0.1) is 0 Å². The minimum absolute atomic E-state index is 0.214. The first-order valence-corrected chi connectivity index (χ1v) is 7.39. The van der Waals surface area contributed by atoms with Gasteiger partial charge in [0.15, 0.2) is 10.4 Å². The average Bonchev–Trinajstić information content (AvgIpc) is 3.03. The van der Waals surface area contributed by atoms with Gasteiger partial charge >= 0.3 is 0 Å². The Balaban J connectivity index is 1.78. The Morgan fingerprint density at radius 1 is 1.45 bits per heavy atom. The molecule has 0 saturated carbocycles. The normalized spacial score (nSPS) is 15.2. The van der Waals surface area contributed by atoms with Crippen molar-refractivity contribution in [3.8, 4) is 0 Å². The van der Waals surface area contributed by atoms with E-state index in [4.69, 9.17) is 12.2 Å². The molecule has 1 aliphatic heterocycles. The number of H-pyrrole nitrogens is 1. The predicted octanol–water partition coefficient (Wildman–Crippen LogP) is 2.41. The highest BCUT2D eigenvalue weighted by Crippen LogP contribution is 2.15. The number of aromatic nitrogens is 3. The average molecular weight is 290 g/mol. The van der Waals surface area contributed by atoms with E-state index in [-0.39, 0.29) is 5.91 Å². The number of imidazole rings is 1. The number of nitrogens with zero attached hydrogens (tertiary/aromatic N) is 3. The molecule has 0 aliphatic carbocycles. The molecule has 2 aromatic heterocycles. The molecule has 3 heterocycles. The summed E-state index contributed by atoms with van der Waals surface area (Å²) in [5.74, 6) is 0.214. The van der Waals surface area contributed by atoms with Crippen molar-refractivity contribution >= 4 is 29.3 Å². The summed E-state index contributed by atoms with van der Waals surface area (Å²) in [5, 5.41) is 0. The van der Waals surface area contributed by atoms with Gasteiger partial charge in [0, 0.05) is 32.3 Å². The number of nitrogens with one attached hydrogen (secondary N) is 1. The van der Waals surface area contributed by atoms with Crippen molar-refractivity contribution < 1.29 is 4.79 Å². The van der Waals surface area contributed by atoms with Crippen molar-refractivity contribution in [3.63, 3.8) is 0 Å². The molecule has 1 amide bonds. The molecule has 0 atom stereocenters. The Labute approximate surface area is 122 Å². The van der Waals surface area contributed by atoms with E-state index in [1.165, 1.54) is 0 Å². The van der Waals surface area contributed by atoms with Crippen molar-refractivity contribution in [1.29, 1.82) is 0 Å². The molecule has 6 heteroatoms. The number of carbonyl (C=O) groups is 1. The lowest BCUT2D eigenvalue weighted by Crippen LogP contribution is -2.28. The monoisotopic (exact) mass is 290 g/mol. The van der Waals surface area contributed by atoms with Gasteiger partial charge in [-0.25, -0.2) is 4.98 Å². The zero-order valence-electron chi connectivity index (χ0n) is 11.6. The van der Waals surface area contributed by atoms with Crippen LogP contribution in [0.5, 0.6) is 0 Å². The number of aromatic amines is 1. The number of pyridine rings is 1. The van der Waals surface area contributed by atoms with Gasteiger partial charge in [0.1, 0.15) is 0 Å². The van der Waals surface area contributed by atoms with Crippen LogP contribution < -0.4 is 0 Å². The van der Waals surface area contributed by atoms with Gasteiger partial charge < -0.3 is 14.5 Å². The molecule has 1 saturated heterocycles. The standard InChI is InChI=1S/C14H18N4OS/c1-10-8-11-13(15-9-10)18(14(20)16-11)7-4-12(19)17-5-2-3-6-17/h8-9H,2-7H2,1H3,(H,16,20). The molecule has 1 N–H and O–H groups in total. The molecule has 20 heavy (non-hydrogen) atoms. The zero-order chi connectivity index (χ0) is 14.1. The summed E-state index contributed by atoms with van der Waals surface area (Å²) < 4.78 is 2.55. The summed E-state index contributed by atoms with van der Waals surface area (Å²) in [7, 11) is 0. The summed E-state index contributed by atoms with van der Waals surface area (Å²) in [6, 6.07) is 2.02. The maximum Gasteiger partial charge on any atom is 0.224 e. The third-order valence-electron chi connectivity index (χ3n) is 3.75. The molecule has 0 aromatic carbocycles. The molecule has 3 rings (SSSR count). The Morgan fingerprint density at radius 2 is 2.20 bits per heavy atom. The van der Waals surface area contributed by atoms with Gasteiger partial charge in [0.2, 0.25) is 5.91 Å². The summed E-state index contributed by atoms with van der Waals surface area (Å²) in [5.41, 5.74) is 2.85.